The van der Waals surface area contributed by atoms with E-state index in [1.807, 2.05) is 32.0 Å². The smallest absolute Gasteiger partial charge is 0.238 e. The minimum absolute atomic E-state index is 0.110. The second kappa shape index (κ2) is 8.26. The quantitative estimate of drug-likeness (QED) is 0.846. The van der Waals surface area contributed by atoms with Crippen LogP contribution in [0.3, 0.4) is 0 Å². The zero-order valence-electron chi connectivity index (χ0n) is 15.4. The molecular weight excluding hydrogens is 362 g/mol. The number of aliphatic imine (C=N–C) groups is 1. The molecule has 0 aliphatic carbocycles. The van der Waals surface area contributed by atoms with Crippen molar-refractivity contribution in [3.05, 3.63) is 53.6 Å². The second-order valence-corrected chi connectivity index (χ2v) is 7.45. The largest absolute Gasteiger partial charge is 0.497 e. The Morgan fingerprint density at radius 2 is 1.93 bits per heavy atom. The Kier molecular flexibility index (Phi) is 5.81. The Hall–Kier alpha value is -2.80. The van der Waals surface area contributed by atoms with Crippen molar-refractivity contribution in [2.24, 2.45) is 4.99 Å². The number of rotatable bonds is 4. The van der Waals surface area contributed by atoms with E-state index in [9.17, 15) is 9.59 Å². The van der Waals surface area contributed by atoms with E-state index in [1.54, 1.807) is 31.4 Å². The van der Waals surface area contributed by atoms with Crippen LogP contribution in [-0.4, -0.2) is 29.3 Å². The van der Waals surface area contributed by atoms with E-state index < -0.39 is 5.25 Å². The van der Waals surface area contributed by atoms with Crippen LogP contribution >= 0.6 is 11.8 Å². The number of benzene rings is 2. The van der Waals surface area contributed by atoms with E-state index in [-0.39, 0.29) is 18.2 Å². The number of ether oxygens (including phenoxy) is 1. The van der Waals surface area contributed by atoms with Crippen LogP contribution in [0.15, 0.2) is 47.5 Å². The molecule has 1 saturated heterocycles. The lowest BCUT2D eigenvalue weighted by atomic mass is 10.1. The highest BCUT2D eigenvalue weighted by Gasteiger charge is 2.30. The lowest BCUT2D eigenvalue weighted by molar-refractivity contribution is -0.123. The Labute approximate surface area is 162 Å². The Morgan fingerprint density at radius 3 is 2.59 bits per heavy atom. The van der Waals surface area contributed by atoms with Gasteiger partial charge in [-0.1, -0.05) is 17.8 Å². The van der Waals surface area contributed by atoms with Gasteiger partial charge in [0.2, 0.25) is 11.8 Å². The fraction of sp³-hybridized carbons (Fsp3) is 0.250. The number of carbonyl (C=O) groups is 2. The van der Waals surface area contributed by atoms with E-state index in [2.05, 4.69) is 15.6 Å². The summed E-state index contributed by atoms with van der Waals surface area (Å²) in [6.45, 7) is 4.04. The number of amides is 2. The summed E-state index contributed by atoms with van der Waals surface area (Å²) in [5, 5.41) is 5.47. The number of nitrogens with zero attached hydrogens (tertiary/aromatic N) is 1. The van der Waals surface area contributed by atoms with E-state index in [4.69, 9.17) is 4.74 Å². The lowest BCUT2D eigenvalue weighted by Gasteiger charge is -2.22. The molecule has 6 nitrogen and oxygen atoms in total. The molecule has 2 aromatic rings. The van der Waals surface area contributed by atoms with Gasteiger partial charge >= 0.3 is 0 Å². The average Bonchev–Trinajstić information content (AvgIpc) is 2.65. The molecule has 0 aromatic heterocycles. The minimum atomic E-state index is -0.536. The van der Waals surface area contributed by atoms with E-state index in [0.29, 0.717) is 16.6 Å². The van der Waals surface area contributed by atoms with Crippen molar-refractivity contribution in [2.45, 2.75) is 25.5 Å². The molecule has 1 heterocycles. The number of hydrogen-bond donors (Lipinski definition) is 2. The molecule has 0 bridgehead atoms. The van der Waals surface area contributed by atoms with Gasteiger partial charge in [0.1, 0.15) is 11.0 Å². The summed E-state index contributed by atoms with van der Waals surface area (Å²) in [6, 6.07) is 12.9. The van der Waals surface area contributed by atoms with Gasteiger partial charge in [0.15, 0.2) is 5.17 Å². The standard InChI is InChI=1S/C20H21N3O3S/c1-12-4-5-15(10-13(12)2)22-20-23-18(24)11-17(27-20)19(25)21-14-6-8-16(26-3)9-7-14/h4-10,17H,11H2,1-3H3,(H,21,25)(H,22,23,24). The van der Waals surface area contributed by atoms with Gasteiger partial charge in [0.05, 0.1) is 12.8 Å². The van der Waals surface area contributed by atoms with Crippen LogP contribution in [0.25, 0.3) is 0 Å². The van der Waals surface area contributed by atoms with E-state index >= 15 is 0 Å². The number of nitrogens with one attached hydrogen (secondary N) is 2. The molecule has 2 N–H and O–H groups in total. The van der Waals surface area contributed by atoms with Crippen LogP contribution in [0.4, 0.5) is 11.4 Å². The summed E-state index contributed by atoms with van der Waals surface area (Å²) < 4.78 is 5.11. The Bertz CT molecular complexity index is 894. The fourth-order valence-electron chi connectivity index (χ4n) is 2.55. The van der Waals surface area contributed by atoms with Gasteiger partial charge in [-0.3, -0.25) is 9.59 Å². The number of amidine groups is 1. The molecule has 2 amide bonds. The van der Waals surface area contributed by atoms with Crippen molar-refractivity contribution in [3.63, 3.8) is 0 Å². The predicted molar refractivity (Wildman–Crippen MR) is 109 cm³/mol. The summed E-state index contributed by atoms with van der Waals surface area (Å²) in [5.41, 5.74) is 3.70. The predicted octanol–water partition coefficient (Wildman–Crippen LogP) is 3.56. The van der Waals surface area contributed by atoms with Crippen molar-refractivity contribution >= 4 is 40.1 Å². The van der Waals surface area contributed by atoms with Crippen LogP contribution in [0, 0.1) is 13.8 Å². The molecule has 1 unspecified atom stereocenters. The van der Waals surface area contributed by atoms with Crippen LogP contribution in [0.2, 0.25) is 0 Å². The minimum Gasteiger partial charge on any atom is -0.497 e. The van der Waals surface area contributed by atoms with E-state index in [1.165, 1.54) is 17.3 Å². The first-order valence-electron chi connectivity index (χ1n) is 8.52. The number of methoxy groups -OCH3 is 1. The maximum atomic E-state index is 12.6. The highest BCUT2D eigenvalue weighted by molar-refractivity contribution is 8.15. The van der Waals surface area contributed by atoms with Gasteiger partial charge in [0, 0.05) is 12.1 Å². The maximum absolute atomic E-state index is 12.6. The van der Waals surface area contributed by atoms with E-state index in [0.717, 1.165) is 11.3 Å². The van der Waals surface area contributed by atoms with Crippen molar-refractivity contribution in [3.8, 4) is 5.75 Å². The van der Waals surface area contributed by atoms with Crippen molar-refractivity contribution in [1.29, 1.82) is 0 Å². The molecule has 0 saturated carbocycles. The lowest BCUT2D eigenvalue weighted by Crippen LogP contribution is -2.41. The van der Waals surface area contributed by atoms with Crippen LogP contribution in [0.1, 0.15) is 17.5 Å². The molecule has 1 aliphatic rings. The Balaban J connectivity index is 1.71. The van der Waals surface area contributed by atoms with Gasteiger partial charge in [-0.2, -0.15) is 0 Å². The molecule has 3 rings (SSSR count). The number of hydrogen-bond acceptors (Lipinski definition) is 5. The third kappa shape index (κ3) is 4.89. The number of aryl methyl sites for hydroxylation is 2. The summed E-state index contributed by atoms with van der Waals surface area (Å²) >= 11 is 1.26. The Morgan fingerprint density at radius 1 is 1.19 bits per heavy atom. The zero-order valence-corrected chi connectivity index (χ0v) is 16.2. The van der Waals surface area contributed by atoms with Crippen LogP contribution in [0.5, 0.6) is 5.75 Å². The number of anilines is 1. The third-order valence-electron chi connectivity index (χ3n) is 4.24. The molecule has 27 heavy (non-hydrogen) atoms. The van der Waals surface area contributed by atoms with Gasteiger partial charge in [-0.05, 0) is 61.4 Å². The molecular formula is C20H21N3O3S. The SMILES string of the molecule is COc1ccc(NC(=O)C2CC(=O)NC(=Nc3ccc(C)c(C)c3)S2)cc1. The monoisotopic (exact) mass is 383 g/mol. The molecule has 140 valence electrons. The number of carbonyl (C=O) groups excluding carboxylic acids is 2. The molecule has 1 atom stereocenters. The first-order chi connectivity index (χ1) is 12.9. The summed E-state index contributed by atoms with van der Waals surface area (Å²) in [6.07, 6.45) is 0.110. The highest BCUT2D eigenvalue weighted by atomic mass is 32.2. The zero-order chi connectivity index (χ0) is 19.4. The second-order valence-electron chi connectivity index (χ2n) is 6.26. The average molecular weight is 383 g/mol. The molecule has 2 aromatic carbocycles. The van der Waals surface area contributed by atoms with Crippen molar-refractivity contribution in [1.82, 2.24) is 5.32 Å². The van der Waals surface area contributed by atoms with Gasteiger partial charge < -0.3 is 15.4 Å². The highest BCUT2D eigenvalue weighted by Crippen LogP contribution is 2.26. The first kappa shape index (κ1) is 19.0. The third-order valence-corrected chi connectivity index (χ3v) is 5.32. The van der Waals surface area contributed by atoms with Crippen molar-refractivity contribution in [2.75, 3.05) is 12.4 Å². The topological polar surface area (TPSA) is 79.8 Å². The molecule has 0 radical (unpaired) electrons. The summed E-state index contributed by atoms with van der Waals surface area (Å²) in [7, 11) is 1.58. The molecule has 7 heteroatoms. The fourth-order valence-corrected chi connectivity index (χ4v) is 3.56. The summed E-state index contributed by atoms with van der Waals surface area (Å²) in [4.78, 5) is 29.1. The molecule has 1 fully saturated rings. The molecule has 0 spiro atoms. The van der Waals surface area contributed by atoms with Crippen LogP contribution < -0.4 is 15.4 Å². The van der Waals surface area contributed by atoms with Gasteiger partial charge in [-0.25, -0.2) is 4.99 Å². The normalized spacial score (nSPS) is 18.1. The van der Waals surface area contributed by atoms with Gasteiger partial charge in [-0.15, -0.1) is 0 Å². The maximum Gasteiger partial charge on any atom is 0.238 e. The first-order valence-corrected chi connectivity index (χ1v) is 9.40. The number of thioether (sulfide) groups is 1. The van der Waals surface area contributed by atoms with Crippen LogP contribution in [-0.2, 0) is 9.59 Å². The summed E-state index contributed by atoms with van der Waals surface area (Å²) in [5.74, 6) is 0.265. The van der Waals surface area contributed by atoms with Crippen molar-refractivity contribution < 1.29 is 14.3 Å². The molecule has 1 aliphatic heterocycles. The van der Waals surface area contributed by atoms with Gasteiger partial charge in [0.25, 0.3) is 0 Å².